The van der Waals surface area contributed by atoms with Crippen molar-refractivity contribution in [3.63, 3.8) is 0 Å². The molecule has 7 heteroatoms. The zero-order valence-electron chi connectivity index (χ0n) is 28.7. The fraction of sp³-hybridized carbons (Fsp3) is 0.300. The second-order valence-corrected chi connectivity index (χ2v) is 19.1. The summed E-state index contributed by atoms with van der Waals surface area (Å²) in [6.07, 6.45) is 4.76. The molecule has 4 aromatic rings. The van der Waals surface area contributed by atoms with Gasteiger partial charge in [-0.05, 0) is 109 Å². The van der Waals surface area contributed by atoms with Gasteiger partial charge in [0.2, 0.25) is 0 Å². The van der Waals surface area contributed by atoms with Gasteiger partial charge in [0.1, 0.15) is 0 Å². The summed E-state index contributed by atoms with van der Waals surface area (Å²) in [5, 5.41) is 5.62. The van der Waals surface area contributed by atoms with Crippen molar-refractivity contribution >= 4 is 54.0 Å². The second kappa shape index (κ2) is 10.3. The minimum atomic E-state index is -2.73. The maximum atomic E-state index is 6.51. The summed E-state index contributed by atoms with van der Waals surface area (Å²) in [7, 11) is -3.58. The Bertz CT molecular complexity index is 1820. The molecule has 0 bridgehead atoms. The lowest BCUT2D eigenvalue weighted by molar-refractivity contribution is 0.00578. The molecule has 0 aromatic heterocycles. The van der Waals surface area contributed by atoms with Crippen LogP contribution in [-0.4, -0.2) is 44.7 Å². The van der Waals surface area contributed by atoms with Crippen LogP contribution in [0.3, 0.4) is 0 Å². The third-order valence-electron chi connectivity index (χ3n) is 11.6. The summed E-state index contributed by atoms with van der Waals surface area (Å²) in [6, 6.07) is 35.8. The SMILES string of the molecule is CC1(C)OB(c2cccc(C3=CC=C(c4cccc(B5OC(C)(C)C(C)(C)O5)c4)[Si]34c3ccccc3-c3ccccc34)c2)OC1(C)C. The average molecular weight is 636 g/mol. The molecule has 2 fully saturated rings. The van der Waals surface area contributed by atoms with E-state index in [2.05, 4.69) is 165 Å². The lowest BCUT2D eigenvalue weighted by atomic mass is 9.78. The van der Waals surface area contributed by atoms with Gasteiger partial charge in [-0.25, -0.2) is 0 Å². The van der Waals surface area contributed by atoms with E-state index < -0.39 is 44.7 Å². The highest BCUT2D eigenvalue weighted by molar-refractivity contribution is 7.28. The van der Waals surface area contributed by atoms with Crippen molar-refractivity contribution in [2.75, 3.05) is 0 Å². The van der Waals surface area contributed by atoms with Gasteiger partial charge in [-0.1, -0.05) is 109 Å². The monoisotopic (exact) mass is 636 g/mol. The highest BCUT2D eigenvalue weighted by Crippen LogP contribution is 2.47. The largest absolute Gasteiger partial charge is 0.494 e. The van der Waals surface area contributed by atoms with Crippen molar-refractivity contribution < 1.29 is 18.6 Å². The minimum absolute atomic E-state index is 0.406. The maximum absolute atomic E-state index is 6.51. The van der Waals surface area contributed by atoms with Crippen molar-refractivity contribution in [3.8, 4) is 11.1 Å². The summed E-state index contributed by atoms with van der Waals surface area (Å²) in [6.45, 7) is 16.9. The Morgan fingerprint density at radius 2 is 0.809 bits per heavy atom. The molecule has 4 aliphatic rings. The van der Waals surface area contributed by atoms with Gasteiger partial charge < -0.3 is 18.6 Å². The molecule has 236 valence electrons. The zero-order chi connectivity index (χ0) is 33.0. The zero-order valence-corrected chi connectivity index (χ0v) is 29.7. The van der Waals surface area contributed by atoms with Crippen LogP contribution in [0.1, 0.15) is 66.5 Å². The van der Waals surface area contributed by atoms with Gasteiger partial charge >= 0.3 is 14.2 Å². The lowest BCUT2D eigenvalue weighted by Gasteiger charge is -2.33. The molecular weight excluding hydrogens is 594 g/mol. The van der Waals surface area contributed by atoms with E-state index in [1.165, 1.54) is 43.0 Å². The van der Waals surface area contributed by atoms with Gasteiger partial charge in [0, 0.05) is 0 Å². The van der Waals surface area contributed by atoms with Gasteiger partial charge in [-0.3, -0.25) is 0 Å². The molecule has 0 unspecified atom stereocenters. The predicted octanol–water partition coefficient (Wildman–Crippen LogP) is 6.09. The maximum Gasteiger partial charge on any atom is 0.494 e. The Balaban J connectivity index is 1.28. The van der Waals surface area contributed by atoms with Crippen LogP contribution >= 0.6 is 0 Å². The smallest absolute Gasteiger partial charge is 0.399 e. The first-order chi connectivity index (χ1) is 22.3. The quantitative estimate of drug-likeness (QED) is 0.255. The Labute approximate surface area is 281 Å². The molecule has 0 amide bonds. The molecule has 0 radical (unpaired) electrons. The fourth-order valence-corrected chi connectivity index (χ4v) is 13.2. The van der Waals surface area contributed by atoms with Crippen molar-refractivity contribution in [3.05, 3.63) is 120 Å². The normalized spacial score (nSPS) is 22.3. The Hall–Kier alpha value is -3.45. The summed E-state index contributed by atoms with van der Waals surface area (Å²) >= 11 is 0. The van der Waals surface area contributed by atoms with Gasteiger partial charge in [0.05, 0.1) is 22.4 Å². The molecule has 0 aliphatic carbocycles. The molecular formula is C40H42B2O4Si. The van der Waals surface area contributed by atoms with E-state index in [9.17, 15) is 0 Å². The molecule has 0 saturated carbocycles. The number of benzene rings is 4. The van der Waals surface area contributed by atoms with Crippen LogP contribution in [0.15, 0.2) is 109 Å². The van der Waals surface area contributed by atoms with Crippen molar-refractivity contribution in [2.45, 2.75) is 77.8 Å². The van der Waals surface area contributed by atoms with Gasteiger partial charge in [-0.2, -0.15) is 0 Å². The number of hydrogen-bond donors (Lipinski definition) is 0. The Morgan fingerprint density at radius 3 is 1.19 bits per heavy atom. The van der Waals surface area contributed by atoms with Crippen LogP contribution in [0, 0.1) is 0 Å². The first-order valence-corrected chi connectivity index (χ1v) is 18.8. The van der Waals surface area contributed by atoms with Crippen LogP contribution < -0.4 is 21.3 Å². The molecule has 0 N–H and O–H groups in total. The number of fused-ring (bicyclic) bond motifs is 5. The molecule has 4 aromatic carbocycles. The van der Waals surface area contributed by atoms with Crippen molar-refractivity contribution in [1.29, 1.82) is 0 Å². The van der Waals surface area contributed by atoms with Crippen LogP contribution in [0.4, 0.5) is 0 Å². The highest BCUT2D eigenvalue weighted by atomic mass is 28.3. The molecule has 2 saturated heterocycles. The highest BCUT2D eigenvalue weighted by Gasteiger charge is 2.55. The van der Waals surface area contributed by atoms with E-state index >= 15 is 0 Å². The lowest BCUT2D eigenvalue weighted by Crippen LogP contribution is -2.56. The molecule has 1 spiro atoms. The predicted molar refractivity (Wildman–Crippen MR) is 197 cm³/mol. The summed E-state index contributed by atoms with van der Waals surface area (Å²) in [5.41, 5.74) is 5.55. The van der Waals surface area contributed by atoms with E-state index in [1.54, 1.807) is 0 Å². The molecule has 8 rings (SSSR count). The molecule has 4 aliphatic heterocycles. The first-order valence-electron chi connectivity index (χ1n) is 16.8. The van der Waals surface area contributed by atoms with Crippen LogP contribution in [0.2, 0.25) is 0 Å². The van der Waals surface area contributed by atoms with Gasteiger partial charge in [-0.15, -0.1) is 0 Å². The number of allylic oxidation sites excluding steroid dienone is 2. The Morgan fingerprint density at radius 1 is 0.447 bits per heavy atom. The first kappa shape index (κ1) is 30.9. The standard InChI is InChI=1S/C40H42B2O4Si/c1-37(2)38(3,4)44-41(43-37)29-17-13-15-27(25-29)33-23-24-34(28-16-14-18-30(26-28)42-45-39(5,6)40(7,8)46-42)47(33)35-21-11-9-19-31(35)32-20-10-12-22-36(32)47/h9-26H,1-8H3. The fourth-order valence-electron chi connectivity index (χ4n) is 7.67. The van der Waals surface area contributed by atoms with Crippen LogP contribution in [-0.2, 0) is 18.6 Å². The second-order valence-electron chi connectivity index (χ2n) is 15.4. The van der Waals surface area contributed by atoms with E-state index in [4.69, 9.17) is 18.6 Å². The van der Waals surface area contributed by atoms with E-state index in [0.717, 1.165) is 10.9 Å². The minimum Gasteiger partial charge on any atom is -0.399 e. The summed E-state index contributed by atoms with van der Waals surface area (Å²) < 4.78 is 26.0. The topological polar surface area (TPSA) is 36.9 Å². The van der Waals surface area contributed by atoms with E-state index in [1.807, 2.05) is 0 Å². The summed E-state index contributed by atoms with van der Waals surface area (Å²) in [5.74, 6) is 0. The number of rotatable bonds is 4. The molecule has 4 nitrogen and oxygen atoms in total. The van der Waals surface area contributed by atoms with E-state index in [0.29, 0.717) is 0 Å². The molecule has 4 heterocycles. The van der Waals surface area contributed by atoms with Crippen molar-refractivity contribution in [2.24, 2.45) is 0 Å². The number of hydrogen-bond acceptors (Lipinski definition) is 4. The molecule has 47 heavy (non-hydrogen) atoms. The van der Waals surface area contributed by atoms with Crippen LogP contribution in [0.5, 0.6) is 0 Å². The average Bonchev–Trinajstić information content (AvgIpc) is 3.70. The van der Waals surface area contributed by atoms with E-state index in [-0.39, 0.29) is 0 Å². The molecule has 0 atom stereocenters. The van der Waals surface area contributed by atoms with Gasteiger partial charge in [0.15, 0.2) is 8.07 Å². The summed E-state index contributed by atoms with van der Waals surface area (Å²) in [4.78, 5) is 0. The van der Waals surface area contributed by atoms with Gasteiger partial charge in [0.25, 0.3) is 0 Å². The third-order valence-corrected chi connectivity index (χ3v) is 16.6. The third kappa shape index (κ3) is 4.44. The van der Waals surface area contributed by atoms with Crippen LogP contribution in [0.25, 0.3) is 21.5 Å². The Kier molecular flexibility index (Phi) is 6.74. The van der Waals surface area contributed by atoms with Crippen molar-refractivity contribution in [1.82, 2.24) is 0 Å².